The fourth-order valence-corrected chi connectivity index (χ4v) is 0.832. The minimum absolute atomic E-state index is 0.425. The lowest BCUT2D eigenvalue weighted by Gasteiger charge is -2.03. The molecule has 2 nitrogen and oxygen atoms in total. The fourth-order valence-electron chi connectivity index (χ4n) is 0.832. The van der Waals surface area contributed by atoms with Gasteiger partial charge in [0.1, 0.15) is 5.76 Å². The molecule has 0 spiro atoms. The van der Waals surface area contributed by atoms with Crippen LogP contribution in [0.15, 0.2) is 36.1 Å². The van der Waals surface area contributed by atoms with Crippen LogP contribution in [0.25, 0.3) is 0 Å². The summed E-state index contributed by atoms with van der Waals surface area (Å²) in [5.74, 6) is 0.574. The number of carbonyl (C=O) groups excluding carboxylic acids is 1. The van der Waals surface area contributed by atoms with Crippen molar-refractivity contribution in [2.75, 3.05) is 0 Å². The van der Waals surface area contributed by atoms with Crippen LogP contribution in [0.5, 0.6) is 0 Å². The molecule has 0 unspecified atom stereocenters. The Bertz CT molecular complexity index is 212. The summed E-state index contributed by atoms with van der Waals surface area (Å²) in [6.45, 7) is 7.88. The van der Waals surface area contributed by atoms with Crippen molar-refractivity contribution in [3.05, 3.63) is 36.1 Å². The fraction of sp³-hybridized carbons (Fsp3) is 0.300. The highest BCUT2D eigenvalue weighted by Gasteiger charge is 1.99. The molecule has 0 aromatic rings. The van der Waals surface area contributed by atoms with Crippen molar-refractivity contribution in [2.45, 2.75) is 20.3 Å². The minimum Gasteiger partial charge on any atom is -0.428 e. The molecule has 0 aromatic heterocycles. The maximum Gasteiger partial charge on any atom is 0.298 e. The van der Waals surface area contributed by atoms with Gasteiger partial charge in [0.15, 0.2) is 0 Å². The summed E-state index contributed by atoms with van der Waals surface area (Å²) in [5, 5.41) is 0. The first-order valence-electron chi connectivity index (χ1n) is 3.89. The van der Waals surface area contributed by atoms with Gasteiger partial charge in [0.05, 0.1) is 0 Å². The Labute approximate surface area is 73.2 Å². The zero-order valence-electron chi connectivity index (χ0n) is 7.54. The van der Waals surface area contributed by atoms with E-state index in [1.165, 1.54) is 0 Å². The first kappa shape index (κ1) is 10.7. The van der Waals surface area contributed by atoms with Crippen LogP contribution in [-0.2, 0) is 9.53 Å². The van der Waals surface area contributed by atoms with Crippen LogP contribution in [0.2, 0.25) is 0 Å². The second-order valence-electron chi connectivity index (χ2n) is 2.14. The first-order chi connectivity index (χ1) is 5.79. The summed E-state index contributed by atoms with van der Waals surface area (Å²) in [4.78, 5) is 10.1. The van der Waals surface area contributed by atoms with Crippen LogP contribution in [-0.4, -0.2) is 6.47 Å². The van der Waals surface area contributed by atoms with Crippen LogP contribution in [0.3, 0.4) is 0 Å². The second kappa shape index (κ2) is 6.40. The van der Waals surface area contributed by atoms with E-state index in [0.717, 1.165) is 12.0 Å². The summed E-state index contributed by atoms with van der Waals surface area (Å²) in [6, 6.07) is 0. The van der Waals surface area contributed by atoms with Gasteiger partial charge in [-0.1, -0.05) is 25.7 Å². The van der Waals surface area contributed by atoms with Crippen molar-refractivity contribution in [2.24, 2.45) is 0 Å². The third kappa shape index (κ3) is 3.19. The molecule has 0 bridgehead atoms. The highest BCUT2D eigenvalue weighted by atomic mass is 16.5. The number of carbonyl (C=O) groups is 1. The van der Waals surface area contributed by atoms with Crippen LogP contribution in [0, 0.1) is 0 Å². The van der Waals surface area contributed by atoms with Crippen LogP contribution in [0.4, 0.5) is 0 Å². The lowest BCUT2D eigenvalue weighted by atomic mass is 10.2. The van der Waals surface area contributed by atoms with E-state index in [0.29, 0.717) is 12.2 Å². The molecule has 0 saturated carbocycles. The molecule has 66 valence electrons. The first-order valence-corrected chi connectivity index (χ1v) is 3.89. The Kier molecular flexibility index (Phi) is 5.70. The third-order valence-electron chi connectivity index (χ3n) is 1.38. The molecular weight excluding hydrogens is 152 g/mol. The molecule has 0 N–H and O–H groups in total. The summed E-state index contributed by atoms with van der Waals surface area (Å²) in [7, 11) is 0. The maximum atomic E-state index is 10.1. The van der Waals surface area contributed by atoms with Gasteiger partial charge in [0.2, 0.25) is 0 Å². The van der Waals surface area contributed by atoms with Crippen molar-refractivity contribution in [3.63, 3.8) is 0 Å². The predicted molar refractivity (Wildman–Crippen MR) is 49.5 cm³/mol. The molecule has 0 atom stereocenters. The van der Waals surface area contributed by atoms with Gasteiger partial charge in [0, 0.05) is 5.57 Å². The SMILES string of the molecule is C=CC(=C/C)/C(=C\CC)OC=O. The van der Waals surface area contributed by atoms with E-state index >= 15 is 0 Å². The summed E-state index contributed by atoms with van der Waals surface area (Å²) in [6.07, 6.45) is 6.17. The number of allylic oxidation sites excluding steroid dienone is 3. The molecule has 0 fully saturated rings. The molecular formula is C10H14O2. The molecule has 0 saturated heterocycles. The minimum atomic E-state index is 0.425. The maximum absolute atomic E-state index is 10.1. The number of ether oxygens (including phenoxy) is 1. The van der Waals surface area contributed by atoms with E-state index < -0.39 is 0 Å². The van der Waals surface area contributed by atoms with Crippen molar-refractivity contribution >= 4 is 6.47 Å². The van der Waals surface area contributed by atoms with Crippen molar-refractivity contribution < 1.29 is 9.53 Å². The molecule has 0 rings (SSSR count). The summed E-state index contributed by atoms with van der Waals surface area (Å²) < 4.78 is 4.77. The monoisotopic (exact) mass is 166 g/mol. The van der Waals surface area contributed by atoms with E-state index in [-0.39, 0.29) is 0 Å². The average molecular weight is 166 g/mol. The largest absolute Gasteiger partial charge is 0.428 e. The highest BCUT2D eigenvalue weighted by molar-refractivity contribution is 5.46. The molecule has 0 heterocycles. The van der Waals surface area contributed by atoms with Gasteiger partial charge in [-0.15, -0.1) is 0 Å². The molecule has 0 amide bonds. The van der Waals surface area contributed by atoms with Gasteiger partial charge in [-0.2, -0.15) is 0 Å². The molecule has 2 heteroatoms. The molecule has 0 radical (unpaired) electrons. The molecule has 12 heavy (non-hydrogen) atoms. The van der Waals surface area contributed by atoms with Gasteiger partial charge in [0.25, 0.3) is 6.47 Å². The van der Waals surface area contributed by atoms with E-state index in [1.54, 1.807) is 6.08 Å². The van der Waals surface area contributed by atoms with Crippen molar-refractivity contribution in [3.8, 4) is 0 Å². The Morgan fingerprint density at radius 3 is 2.58 bits per heavy atom. The quantitative estimate of drug-likeness (QED) is 0.356. The Morgan fingerprint density at radius 1 is 1.58 bits per heavy atom. The number of rotatable bonds is 5. The standard InChI is InChI=1S/C10H14O2/c1-4-7-10(12-8-11)9(5-2)6-3/h5-8H,2,4H2,1,3H3/b9-6-,10-7+. The van der Waals surface area contributed by atoms with Gasteiger partial charge < -0.3 is 4.74 Å². The summed E-state index contributed by atoms with van der Waals surface area (Å²) >= 11 is 0. The van der Waals surface area contributed by atoms with Gasteiger partial charge in [-0.25, -0.2) is 0 Å². The normalized spacial score (nSPS) is 12.5. The number of hydrogen-bond acceptors (Lipinski definition) is 2. The van der Waals surface area contributed by atoms with Crippen LogP contribution in [0.1, 0.15) is 20.3 Å². The smallest absolute Gasteiger partial charge is 0.298 e. The average Bonchev–Trinajstić information content (AvgIpc) is 2.07. The summed E-state index contributed by atoms with van der Waals surface area (Å²) in [5.41, 5.74) is 0.837. The van der Waals surface area contributed by atoms with E-state index in [2.05, 4.69) is 6.58 Å². The van der Waals surface area contributed by atoms with Crippen molar-refractivity contribution in [1.82, 2.24) is 0 Å². The third-order valence-corrected chi connectivity index (χ3v) is 1.38. The lowest BCUT2D eigenvalue weighted by molar-refractivity contribution is -0.124. The zero-order valence-corrected chi connectivity index (χ0v) is 7.54. The molecule has 0 aromatic carbocycles. The Balaban J connectivity index is 4.59. The molecule has 0 aliphatic heterocycles. The van der Waals surface area contributed by atoms with Crippen LogP contribution >= 0.6 is 0 Å². The lowest BCUT2D eigenvalue weighted by Crippen LogP contribution is -1.92. The van der Waals surface area contributed by atoms with Gasteiger partial charge in [-0.3, -0.25) is 4.79 Å². The van der Waals surface area contributed by atoms with Gasteiger partial charge >= 0.3 is 0 Å². The van der Waals surface area contributed by atoms with E-state index in [4.69, 9.17) is 4.74 Å². The van der Waals surface area contributed by atoms with Crippen molar-refractivity contribution in [1.29, 1.82) is 0 Å². The van der Waals surface area contributed by atoms with E-state index in [1.807, 2.05) is 26.0 Å². The predicted octanol–water partition coefficient (Wildman–Crippen LogP) is 2.59. The van der Waals surface area contributed by atoms with Crippen LogP contribution < -0.4 is 0 Å². The molecule has 0 aliphatic carbocycles. The topological polar surface area (TPSA) is 26.3 Å². The molecule has 0 aliphatic rings. The van der Waals surface area contributed by atoms with Gasteiger partial charge in [-0.05, 0) is 19.4 Å². The Morgan fingerprint density at radius 2 is 2.25 bits per heavy atom. The highest BCUT2D eigenvalue weighted by Crippen LogP contribution is 2.12. The second-order valence-corrected chi connectivity index (χ2v) is 2.14. The van der Waals surface area contributed by atoms with E-state index in [9.17, 15) is 4.79 Å². The zero-order chi connectivity index (χ0) is 9.40. The number of hydrogen-bond donors (Lipinski definition) is 0. The Hall–Kier alpha value is -1.31.